The van der Waals surface area contributed by atoms with Gasteiger partial charge in [0.2, 0.25) is 0 Å². The molecular weight excluding hydrogens is 158 g/mol. The smallest absolute Gasteiger partial charge is 0.00361 e. The second-order valence-electron chi connectivity index (χ2n) is 4.66. The zero-order valence-corrected chi connectivity index (χ0v) is 9.84. The first-order chi connectivity index (χ1) is 6.07. The molecule has 1 nitrogen and oxygen atoms in total. The van der Waals surface area contributed by atoms with Crippen molar-refractivity contribution >= 4 is 0 Å². The largest absolute Gasteiger partial charge is 0.328 e. The van der Waals surface area contributed by atoms with Gasteiger partial charge in [0.1, 0.15) is 0 Å². The molecule has 0 aliphatic carbocycles. The van der Waals surface area contributed by atoms with E-state index in [4.69, 9.17) is 5.73 Å². The van der Waals surface area contributed by atoms with Crippen molar-refractivity contribution in [1.82, 2.24) is 0 Å². The highest BCUT2D eigenvalue weighted by atomic mass is 14.6. The van der Waals surface area contributed by atoms with Crippen molar-refractivity contribution in [2.24, 2.45) is 17.6 Å². The minimum Gasteiger partial charge on any atom is -0.328 e. The molecule has 2 N–H and O–H groups in total. The van der Waals surface area contributed by atoms with Crippen molar-refractivity contribution in [2.45, 2.75) is 65.8 Å². The Kier molecular flexibility index (Phi) is 7.35. The van der Waals surface area contributed by atoms with E-state index in [-0.39, 0.29) is 0 Å². The van der Waals surface area contributed by atoms with Crippen LogP contribution in [0.5, 0.6) is 0 Å². The quantitative estimate of drug-likeness (QED) is 0.644. The average Bonchev–Trinajstić information content (AvgIpc) is 2.04. The summed E-state index contributed by atoms with van der Waals surface area (Å²) in [6.07, 6.45) is 6.73. The van der Waals surface area contributed by atoms with Crippen LogP contribution in [-0.2, 0) is 0 Å². The number of hydrogen-bond donors (Lipinski definition) is 1. The van der Waals surface area contributed by atoms with E-state index in [1.807, 2.05) is 0 Å². The van der Waals surface area contributed by atoms with Crippen LogP contribution in [-0.4, -0.2) is 6.04 Å². The first-order valence-corrected chi connectivity index (χ1v) is 5.83. The summed E-state index contributed by atoms with van der Waals surface area (Å²) in [6, 6.07) is 0.362. The van der Waals surface area contributed by atoms with Crippen molar-refractivity contribution in [3.05, 3.63) is 0 Å². The van der Waals surface area contributed by atoms with Gasteiger partial charge in [-0.3, -0.25) is 0 Å². The molecule has 0 spiro atoms. The lowest BCUT2D eigenvalue weighted by Crippen LogP contribution is -2.24. The molecule has 0 bridgehead atoms. The molecule has 3 unspecified atom stereocenters. The molecule has 0 saturated carbocycles. The highest BCUT2D eigenvalue weighted by Crippen LogP contribution is 2.17. The van der Waals surface area contributed by atoms with Crippen molar-refractivity contribution in [2.75, 3.05) is 0 Å². The molecule has 13 heavy (non-hydrogen) atoms. The highest BCUT2D eigenvalue weighted by molar-refractivity contribution is 4.64. The molecule has 0 rings (SSSR count). The fourth-order valence-corrected chi connectivity index (χ4v) is 1.69. The predicted molar refractivity (Wildman–Crippen MR) is 60.7 cm³/mol. The molecule has 1 heteroatoms. The molecule has 0 aliphatic rings. The Balaban J connectivity index is 3.33. The third kappa shape index (κ3) is 7.06. The molecule has 0 heterocycles. The van der Waals surface area contributed by atoms with E-state index in [9.17, 15) is 0 Å². The second kappa shape index (κ2) is 7.37. The first kappa shape index (κ1) is 13.0. The van der Waals surface area contributed by atoms with Crippen molar-refractivity contribution in [1.29, 1.82) is 0 Å². The Morgan fingerprint density at radius 3 is 2.08 bits per heavy atom. The van der Waals surface area contributed by atoms with Gasteiger partial charge in [-0.2, -0.15) is 0 Å². The van der Waals surface area contributed by atoms with E-state index in [1.54, 1.807) is 0 Å². The van der Waals surface area contributed by atoms with Gasteiger partial charge in [0, 0.05) is 6.04 Å². The van der Waals surface area contributed by atoms with Crippen LogP contribution in [0.2, 0.25) is 0 Å². The van der Waals surface area contributed by atoms with Gasteiger partial charge in [0.05, 0.1) is 0 Å². The summed E-state index contributed by atoms with van der Waals surface area (Å²) >= 11 is 0. The van der Waals surface area contributed by atoms with Gasteiger partial charge in [-0.25, -0.2) is 0 Å². The van der Waals surface area contributed by atoms with Crippen molar-refractivity contribution in [3.63, 3.8) is 0 Å². The van der Waals surface area contributed by atoms with E-state index < -0.39 is 0 Å². The van der Waals surface area contributed by atoms with Crippen LogP contribution in [0.15, 0.2) is 0 Å². The SMILES string of the molecule is CCCC(C)CCCC(C)C(C)N. The minimum atomic E-state index is 0.362. The summed E-state index contributed by atoms with van der Waals surface area (Å²) < 4.78 is 0. The highest BCUT2D eigenvalue weighted by Gasteiger charge is 2.07. The Labute approximate surface area is 84.1 Å². The molecule has 0 aromatic rings. The van der Waals surface area contributed by atoms with Crippen LogP contribution in [0, 0.1) is 11.8 Å². The van der Waals surface area contributed by atoms with Gasteiger partial charge in [0.15, 0.2) is 0 Å². The summed E-state index contributed by atoms with van der Waals surface area (Å²) in [4.78, 5) is 0. The van der Waals surface area contributed by atoms with Crippen LogP contribution in [0.3, 0.4) is 0 Å². The summed E-state index contributed by atoms with van der Waals surface area (Å²) in [5, 5.41) is 0. The normalized spacial score (nSPS) is 18.2. The predicted octanol–water partition coefficient (Wildman–Crippen LogP) is 3.58. The first-order valence-electron chi connectivity index (χ1n) is 5.83. The molecule has 0 aromatic heterocycles. The average molecular weight is 185 g/mol. The van der Waals surface area contributed by atoms with Gasteiger partial charge in [-0.15, -0.1) is 0 Å². The second-order valence-corrected chi connectivity index (χ2v) is 4.66. The van der Waals surface area contributed by atoms with Crippen LogP contribution in [0.1, 0.15) is 59.8 Å². The molecule has 0 saturated heterocycles. The van der Waals surface area contributed by atoms with Crippen LogP contribution in [0.4, 0.5) is 0 Å². The van der Waals surface area contributed by atoms with Gasteiger partial charge >= 0.3 is 0 Å². The summed E-state index contributed by atoms with van der Waals surface area (Å²) in [6.45, 7) is 9.00. The van der Waals surface area contributed by atoms with E-state index in [2.05, 4.69) is 27.7 Å². The fourth-order valence-electron chi connectivity index (χ4n) is 1.69. The Morgan fingerprint density at radius 2 is 1.62 bits per heavy atom. The third-order valence-electron chi connectivity index (χ3n) is 3.04. The molecular formula is C12H27N. The van der Waals surface area contributed by atoms with Crippen molar-refractivity contribution in [3.8, 4) is 0 Å². The minimum absolute atomic E-state index is 0.362. The monoisotopic (exact) mass is 185 g/mol. The van der Waals surface area contributed by atoms with Gasteiger partial charge < -0.3 is 5.73 Å². The lowest BCUT2D eigenvalue weighted by molar-refractivity contribution is 0.391. The zero-order valence-electron chi connectivity index (χ0n) is 9.84. The Morgan fingerprint density at radius 1 is 1.00 bits per heavy atom. The third-order valence-corrected chi connectivity index (χ3v) is 3.04. The van der Waals surface area contributed by atoms with E-state index in [0.29, 0.717) is 12.0 Å². The fraction of sp³-hybridized carbons (Fsp3) is 1.00. The molecule has 3 atom stereocenters. The van der Waals surface area contributed by atoms with Crippen LogP contribution >= 0.6 is 0 Å². The van der Waals surface area contributed by atoms with Gasteiger partial charge in [0.25, 0.3) is 0 Å². The topological polar surface area (TPSA) is 26.0 Å². The van der Waals surface area contributed by atoms with Crippen LogP contribution < -0.4 is 5.73 Å². The molecule has 0 fully saturated rings. The standard InChI is InChI=1S/C12H27N/c1-5-7-10(2)8-6-9-11(3)12(4)13/h10-12H,5-9,13H2,1-4H3. The maximum absolute atomic E-state index is 5.81. The van der Waals surface area contributed by atoms with Crippen LogP contribution in [0.25, 0.3) is 0 Å². The maximum atomic E-state index is 5.81. The van der Waals surface area contributed by atoms with E-state index >= 15 is 0 Å². The molecule has 0 aromatic carbocycles. The molecule has 80 valence electrons. The van der Waals surface area contributed by atoms with E-state index in [1.165, 1.54) is 32.1 Å². The summed E-state index contributed by atoms with van der Waals surface area (Å²) in [5.74, 6) is 1.60. The maximum Gasteiger partial charge on any atom is 0.00361 e. The Bertz CT molecular complexity index is 110. The van der Waals surface area contributed by atoms with Gasteiger partial charge in [-0.1, -0.05) is 46.5 Å². The number of rotatable bonds is 7. The van der Waals surface area contributed by atoms with E-state index in [0.717, 1.165) is 5.92 Å². The zero-order chi connectivity index (χ0) is 10.3. The van der Waals surface area contributed by atoms with Gasteiger partial charge in [-0.05, 0) is 25.2 Å². The molecule has 0 amide bonds. The Hall–Kier alpha value is -0.0400. The lowest BCUT2D eigenvalue weighted by atomic mass is 9.93. The molecule has 0 aliphatic heterocycles. The number of hydrogen-bond acceptors (Lipinski definition) is 1. The summed E-state index contributed by atoms with van der Waals surface area (Å²) in [5.41, 5.74) is 5.81. The lowest BCUT2D eigenvalue weighted by Gasteiger charge is -2.16. The molecule has 0 radical (unpaired) electrons. The summed E-state index contributed by atoms with van der Waals surface area (Å²) in [7, 11) is 0. The van der Waals surface area contributed by atoms with Crippen molar-refractivity contribution < 1.29 is 0 Å². The number of nitrogens with two attached hydrogens (primary N) is 1.